The van der Waals surface area contributed by atoms with Gasteiger partial charge in [0.25, 0.3) is 0 Å². The van der Waals surface area contributed by atoms with E-state index in [4.69, 9.17) is 4.74 Å². The number of nitrogens with one attached hydrogen (secondary N) is 1. The minimum Gasteiger partial charge on any atom is -0.488 e. The quantitative estimate of drug-likeness (QED) is 0.813. The molecule has 0 amide bonds. The fourth-order valence-corrected chi connectivity index (χ4v) is 2.09. The summed E-state index contributed by atoms with van der Waals surface area (Å²) in [6.07, 6.45) is 1.96. The van der Waals surface area contributed by atoms with E-state index < -0.39 is 0 Å². The van der Waals surface area contributed by atoms with Gasteiger partial charge in [-0.1, -0.05) is 0 Å². The third-order valence-electron chi connectivity index (χ3n) is 3.10. The summed E-state index contributed by atoms with van der Waals surface area (Å²) in [5.74, 6) is 1.04. The maximum absolute atomic E-state index is 11.8. The molecule has 0 aromatic heterocycles. The number of ketones is 1. The number of aryl methyl sites for hydroxylation is 1. The average Bonchev–Trinajstić information content (AvgIpc) is 2.27. The lowest BCUT2D eigenvalue weighted by Gasteiger charge is -2.32. The van der Waals surface area contributed by atoms with E-state index in [-0.39, 0.29) is 11.4 Å². The Labute approximate surface area is 102 Å². The van der Waals surface area contributed by atoms with Gasteiger partial charge in [-0.25, -0.2) is 0 Å². The number of rotatable bonds is 3. The molecule has 1 aliphatic rings. The van der Waals surface area contributed by atoms with Crippen LogP contribution in [0.15, 0.2) is 18.2 Å². The van der Waals surface area contributed by atoms with Crippen molar-refractivity contribution in [2.24, 2.45) is 0 Å². The minimum absolute atomic E-state index is 0.0938. The molecule has 92 valence electrons. The van der Waals surface area contributed by atoms with Crippen LogP contribution in [-0.4, -0.2) is 25.0 Å². The molecule has 1 N–H and O–H groups in total. The molecular formula is C14H19NO2. The van der Waals surface area contributed by atoms with E-state index in [1.165, 1.54) is 0 Å². The summed E-state index contributed by atoms with van der Waals surface area (Å²) >= 11 is 0. The summed E-state index contributed by atoms with van der Waals surface area (Å²) in [7, 11) is 1.78. The highest BCUT2D eigenvalue weighted by Crippen LogP contribution is 2.33. The van der Waals surface area contributed by atoms with E-state index in [2.05, 4.69) is 19.2 Å². The SMILES string of the molecule is CNCC(=O)c1ccc2c(c1)CCC(C)(C)O2. The van der Waals surface area contributed by atoms with Gasteiger partial charge in [0.1, 0.15) is 11.4 Å². The van der Waals surface area contributed by atoms with Crippen LogP contribution in [0.2, 0.25) is 0 Å². The number of carbonyl (C=O) groups excluding carboxylic acids is 1. The van der Waals surface area contributed by atoms with Crippen LogP contribution in [0.3, 0.4) is 0 Å². The molecular weight excluding hydrogens is 214 g/mol. The standard InChI is InChI=1S/C14H19NO2/c1-14(2)7-6-11-8-10(12(16)9-15-3)4-5-13(11)17-14/h4-5,8,15H,6-7,9H2,1-3H3. The van der Waals surface area contributed by atoms with Gasteiger partial charge in [0, 0.05) is 5.56 Å². The van der Waals surface area contributed by atoms with Gasteiger partial charge in [0.05, 0.1) is 6.54 Å². The zero-order valence-corrected chi connectivity index (χ0v) is 10.7. The number of ether oxygens (including phenoxy) is 1. The van der Waals surface area contributed by atoms with Crippen LogP contribution in [0.4, 0.5) is 0 Å². The van der Waals surface area contributed by atoms with Crippen LogP contribution >= 0.6 is 0 Å². The highest BCUT2D eigenvalue weighted by atomic mass is 16.5. The highest BCUT2D eigenvalue weighted by molar-refractivity contribution is 5.97. The molecule has 1 heterocycles. The van der Waals surface area contributed by atoms with Crippen molar-refractivity contribution in [1.29, 1.82) is 0 Å². The summed E-state index contributed by atoms with van der Waals surface area (Å²) in [6, 6.07) is 5.73. The molecule has 17 heavy (non-hydrogen) atoms. The first kappa shape index (κ1) is 12.1. The Kier molecular flexibility index (Phi) is 3.20. The fourth-order valence-electron chi connectivity index (χ4n) is 2.09. The molecule has 3 heteroatoms. The van der Waals surface area contributed by atoms with Crippen molar-refractivity contribution in [3.63, 3.8) is 0 Å². The third-order valence-corrected chi connectivity index (χ3v) is 3.10. The monoisotopic (exact) mass is 233 g/mol. The molecule has 0 bridgehead atoms. The molecule has 0 saturated carbocycles. The summed E-state index contributed by atoms with van der Waals surface area (Å²) in [6.45, 7) is 4.57. The molecule has 0 fully saturated rings. The zero-order valence-electron chi connectivity index (χ0n) is 10.7. The molecule has 2 rings (SSSR count). The molecule has 0 aliphatic carbocycles. The number of hydrogen-bond donors (Lipinski definition) is 1. The van der Waals surface area contributed by atoms with E-state index in [1.807, 2.05) is 18.2 Å². The van der Waals surface area contributed by atoms with Gasteiger partial charge < -0.3 is 10.1 Å². The molecule has 0 spiro atoms. The first-order valence-electron chi connectivity index (χ1n) is 6.01. The first-order chi connectivity index (χ1) is 8.02. The number of likely N-dealkylation sites (N-methyl/N-ethyl adjacent to an activating group) is 1. The summed E-state index contributed by atoms with van der Waals surface area (Å²) in [5.41, 5.74) is 1.82. The highest BCUT2D eigenvalue weighted by Gasteiger charge is 2.26. The number of benzene rings is 1. The van der Waals surface area contributed by atoms with Crippen molar-refractivity contribution in [2.45, 2.75) is 32.3 Å². The van der Waals surface area contributed by atoms with Crippen LogP contribution < -0.4 is 10.1 Å². The lowest BCUT2D eigenvalue weighted by Crippen LogP contribution is -2.32. The van der Waals surface area contributed by atoms with Crippen molar-refractivity contribution in [3.8, 4) is 5.75 Å². The van der Waals surface area contributed by atoms with Gasteiger partial charge in [0.15, 0.2) is 5.78 Å². The Bertz CT molecular complexity index is 438. The molecule has 0 unspecified atom stereocenters. The largest absolute Gasteiger partial charge is 0.488 e. The van der Waals surface area contributed by atoms with Crippen molar-refractivity contribution in [1.82, 2.24) is 5.32 Å². The second-order valence-electron chi connectivity index (χ2n) is 5.14. The predicted molar refractivity (Wildman–Crippen MR) is 67.7 cm³/mol. The smallest absolute Gasteiger partial charge is 0.176 e. The van der Waals surface area contributed by atoms with E-state index in [0.29, 0.717) is 6.54 Å². The van der Waals surface area contributed by atoms with Crippen molar-refractivity contribution < 1.29 is 9.53 Å². The zero-order chi connectivity index (χ0) is 12.5. The van der Waals surface area contributed by atoms with Crippen molar-refractivity contribution >= 4 is 5.78 Å². The van der Waals surface area contributed by atoms with Gasteiger partial charge in [-0.05, 0) is 57.5 Å². The van der Waals surface area contributed by atoms with Crippen LogP contribution in [-0.2, 0) is 6.42 Å². The van der Waals surface area contributed by atoms with Crippen LogP contribution in [0, 0.1) is 0 Å². The number of carbonyl (C=O) groups is 1. The van der Waals surface area contributed by atoms with E-state index in [0.717, 1.165) is 29.7 Å². The van der Waals surface area contributed by atoms with Crippen molar-refractivity contribution in [2.75, 3.05) is 13.6 Å². The maximum Gasteiger partial charge on any atom is 0.176 e. The Morgan fingerprint density at radius 1 is 1.47 bits per heavy atom. The summed E-state index contributed by atoms with van der Waals surface area (Å²) in [4.78, 5) is 11.8. The van der Waals surface area contributed by atoms with Gasteiger partial charge in [-0.3, -0.25) is 4.79 Å². The topological polar surface area (TPSA) is 38.3 Å². The van der Waals surface area contributed by atoms with Gasteiger partial charge >= 0.3 is 0 Å². The van der Waals surface area contributed by atoms with Gasteiger partial charge in [-0.15, -0.1) is 0 Å². The maximum atomic E-state index is 11.8. The molecule has 3 nitrogen and oxygen atoms in total. The molecule has 0 radical (unpaired) electrons. The van der Waals surface area contributed by atoms with E-state index in [9.17, 15) is 4.79 Å². The molecule has 1 aromatic rings. The molecule has 0 saturated heterocycles. The summed E-state index contributed by atoms with van der Waals surface area (Å²) < 4.78 is 5.89. The Morgan fingerprint density at radius 3 is 2.94 bits per heavy atom. The number of fused-ring (bicyclic) bond motifs is 1. The Hall–Kier alpha value is -1.35. The second-order valence-corrected chi connectivity index (χ2v) is 5.14. The van der Waals surface area contributed by atoms with E-state index in [1.54, 1.807) is 7.05 Å². The van der Waals surface area contributed by atoms with Crippen LogP contribution in [0.25, 0.3) is 0 Å². The lowest BCUT2D eigenvalue weighted by molar-refractivity contribution is 0.0846. The first-order valence-corrected chi connectivity index (χ1v) is 6.01. The minimum atomic E-state index is -0.0938. The van der Waals surface area contributed by atoms with Crippen LogP contribution in [0.5, 0.6) is 5.75 Å². The molecule has 0 atom stereocenters. The van der Waals surface area contributed by atoms with Gasteiger partial charge in [-0.2, -0.15) is 0 Å². The number of Topliss-reactive ketones (excluding diaryl/α,β-unsaturated/α-hetero) is 1. The fraction of sp³-hybridized carbons (Fsp3) is 0.500. The van der Waals surface area contributed by atoms with E-state index >= 15 is 0 Å². The normalized spacial score (nSPS) is 17.1. The van der Waals surface area contributed by atoms with Crippen LogP contribution in [0.1, 0.15) is 36.2 Å². The predicted octanol–water partition coefficient (Wildman–Crippen LogP) is 2.19. The Morgan fingerprint density at radius 2 is 2.24 bits per heavy atom. The average molecular weight is 233 g/mol. The summed E-state index contributed by atoms with van der Waals surface area (Å²) in [5, 5.41) is 2.88. The molecule has 1 aliphatic heterocycles. The van der Waals surface area contributed by atoms with Crippen molar-refractivity contribution in [3.05, 3.63) is 29.3 Å². The second kappa shape index (κ2) is 4.49. The molecule has 1 aromatic carbocycles. The Balaban J connectivity index is 2.24. The van der Waals surface area contributed by atoms with Gasteiger partial charge in [0.2, 0.25) is 0 Å². The lowest BCUT2D eigenvalue weighted by atomic mass is 9.93. The number of hydrogen-bond acceptors (Lipinski definition) is 3. The third kappa shape index (κ3) is 2.67.